The molecule has 2 rings (SSSR count). The molecule has 1 N–H and O–H groups in total. The summed E-state index contributed by atoms with van der Waals surface area (Å²) in [6.07, 6.45) is 1.76. The van der Waals surface area contributed by atoms with Crippen LogP contribution in [-0.2, 0) is 0 Å². The summed E-state index contributed by atoms with van der Waals surface area (Å²) in [5.74, 6) is 0. The Labute approximate surface area is 84.3 Å². The molecule has 0 bridgehead atoms. The molecule has 13 heavy (non-hydrogen) atoms. The Kier molecular flexibility index (Phi) is 2.14. The third kappa shape index (κ3) is 1.49. The number of aryl methyl sites for hydroxylation is 1. The zero-order chi connectivity index (χ0) is 9.26. The first-order chi connectivity index (χ1) is 6.29. The van der Waals surface area contributed by atoms with E-state index in [1.165, 1.54) is 0 Å². The summed E-state index contributed by atoms with van der Waals surface area (Å²) in [7, 11) is 0. The largest absolute Gasteiger partial charge is 0.281 e. The quantitative estimate of drug-likeness (QED) is 0.829. The third-order valence-corrected chi connectivity index (χ3v) is 2.75. The number of nitrogens with one attached hydrogen (secondary N) is 1. The van der Waals surface area contributed by atoms with Crippen LogP contribution in [0.4, 0.5) is 0 Å². The summed E-state index contributed by atoms with van der Waals surface area (Å²) in [5, 5.41) is 7.05. The van der Waals surface area contributed by atoms with Gasteiger partial charge in [-0.15, -0.1) is 0 Å². The Bertz CT molecular complexity index is 408. The SMILES string of the molecule is Cc1[nH]nc(-c2ccccn2)c1Br. The Morgan fingerprint density at radius 2 is 2.23 bits per heavy atom. The molecule has 2 aromatic heterocycles. The van der Waals surface area contributed by atoms with Gasteiger partial charge in [-0.2, -0.15) is 5.10 Å². The molecule has 0 saturated heterocycles. The van der Waals surface area contributed by atoms with Gasteiger partial charge in [0.1, 0.15) is 5.69 Å². The smallest absolute Gasteiger partial charge is 0.125 e. The van der Waals surface area contributed by atoms with Gasteiger partial charge in [0, 0.05) is 11.9 Å². The van der Waals surface area contributed by atoms with Crippen LogP contribution in [0.15, 0.2) is 28.9 Å². The second-order valence-corrected chi connectivity index (χ2v) is 3.52. The second-order valence-electron chi connectivity index (χ2n) is 2.73. The average Bonchev–Trinajstić information content (AvgIpc) is 2.49. The molecule has 0 aromatic carbocycles. The second kappa shape index (κ2) is 3.30. The highest BCUT2D eigenvalue weighted by Crippen LogP contribution is 2.26. The van der Waals surface area contributed by atoms with Crippen LogP contribution in [0.2, 0.25) is 0 Å². The van der Waals surface area contributed by atoms with Gasteiger partial charge in [0.05, 0.1) is 10.2 Å². The number of aromatic nitrogens is 3. The minimum atomic E-state index is 0.859. The molecule has 0 aliphatic heterocycles. The highest BCUT2D eigenvalue weighted by atomic mass is 79.9. The maximum Gasteiger partial charge on any atom is 0.125 e. The van der Waals surface area contributed by atoms with E-state index in [4.69, 9.17) is 0 Å². The van der Waals surface area contributed by atoms with Gasteiger partial charge < -0.3 is 0 Å². The summed E-state index contributed by atoms with van der Waals surface area (Å²) in [4.78, 5) is 4.21. The molecule has 2 heterocycles. The topological polar surface area (TPSA) is 41.6 Å². The van der Waals surface area contributed by atoms with Crippen molar-refractivity contribution >= 4 is 15.9 Å². The molecule has 0 unspecified atom stereocenters. The summed E-state index contributed by atoms with van der Waals surface area (Å²) in [5.41, 5.74) is 2.75. The maximum atomic E-state index is 4.21. The first-order valence-electron chi connectivity index (χ1n) is 3.91. The summed E-state index contributed by atoms with van der Waals surface area (Å²) in [6.45, 7) is 1.96. The van der Waals surface area contributed by atoms with Crippen LogP contribution < -0.4 is 0 Å². The fourth-order valence-electron chi connectivity index (χ4n) is 1.09. The van der Waals surface area contributed by atoms with Crippen molar-refractivity contribution in [3.05, 3.63) is 34.6 Å². The number of nitrogens with zero attached hydrogens (tertiary/aromatic N) is 2. The number of rotatable bonds is 1. The first-order valence-corrected chi connectivity index (χ1v) is 4.70. The molecule has 0 aliphatic rings. The standard InChI is InChI=1S/C9H8BrN3/c1-6-8(10)9(13-12-6)7-4-2-3-5-11-7/h2-5H,1H3,(H,12,13). The van der Waals surface area contributed by atoms with Crippen LogP contribution in [0.25, 0.3) is 11.4 Å². The van der Waals surface area contributed by atoms with E-state index in [1.807, 2.05) is 25.1 Å². The van der Waals surface area contributed by atoms with Gasteiger partial charge >= 0.3 is 0 Å². The van der Waals surface area contributed by atoms with Gasteiger partial charge in [-0.3, -0.25) is 10.1 Å². The van der Waals surface area contributed by atoms with Crippen LogP contribution in [0, 0.1) is 6.92 Å². The van der Waals surface area contributed by atoms with Crippen LogP contribution in [0.3, 0.4) is 0 Å². The lowest BCUT2D eigenvalue weighted by Gasteiger charge is -1.94. The molecule has 0 fully saturated rings. The van der Waals surface area contributed by atoms with Gasteiger partial charge in [-0.25, -0.2) is 0 Å². The van der Waals surface area contributed by atoms with Crippen molar-refractivity contribution in [2.45, 2.75) is 6.92 Å². The van der Waals surface area contributed by atoms with Gasteiger partial charge in [-0.05, 0) is 35.0 Å². The predicted octanol–water partition coefficient (Wildman–Crippen LogP) is 2.54. The molecule has 3 nitrogen and oxygen atoms in total. The number of halogens is 1. The summed E-state index contributed by atoms with van der Waals surface area (Å²) < 4.78 is 0.978. The van der Waals surface area contributed by atoms with Crippen LogP contribution in [-0.4, -0.2) is 15.2 Å². The Morgan fingerprint density at radius 3 is 2.77 bits per heavy atom. The van der Waals surface area contributed by atoms with Crippen molar-refractivity contribution < 1.29 is 0 Å². The number of pyridine rings is 1. The lowest BCUT2D eigenvalue weighted by atomic mass is 10.2. The van der Waals surface area contributed by atoms with E-state index in [9.17, 15) is 0 Å². The zero-order valence-corrected chi connectivity index (χ0v) is 8.67. The van der Waals surface area contributed by atoms with Gasteiger partial charge in [-0.1, -0.05) is 6.07 Å². The highest BCUT2D eigenvalue weighted by molar-refractivity contribution is 9.10. The Hall–Kier alpha value is -1.16. The third-order valence-electron chi connectivity index (χ3n) is 1.78. The lowest BCUT2D eigenvalue weighted by molar-refractivity contribution is 1.04. The van der Waals surface area contributed by atoms with Gasteiger partial charge in [0.15, 0.2) is 0 Å². The zero-order valence-electron chi connectivity index (χ0n) is 7.08. The Morgan fingerprint density at radius 1 is 1.38 bits per heavy atom. The van der Waals surface area contributed by atoms with Gasteiger partial charge in [0.2, 0.25) is 0 Å². The number of aromatic amines is 1. The van der Waals surface area contributed by atoms with Crippen LogP contribution in [0.1, 0.15) is 5.69 Å². The molecule has 66 valence electrons. The van der Waals surface area contributed by atoms with Crippen molar-refractivity contribution in [3.8, 4) is 11.4 Å². The monoisotopic (exact) mass is 237 g/mol. The molecule has 0 saturated carbocycles. The van der Waals surface area contributed by atoms with Crippen molar-refractivity contribution in [1.82, 2.24) is 15.2 Å². The van der Waals surface area contributed by atoms with Crippen LogP contribution in [0.5, 0.6) is 0 Å². The molecular weight excluding hydrogens is 230 g/mol. The van der Waals surface area contributed by atoms with E-state index in [0.717, 1.165) is 21.6 Å². The summed E-state index contributed by atoms with van der Waals surface area (Å²) >= 11 is 3.45. The molecule has 0 amide bonds. The number of H-pyrrole nitrogens is 1. The van der Waals surface area contributed by atoms with Crippen LogP contribution >= 0.6 is 15.9 Å². The summed E-state index contributed by atoms with van der Waals surface area (Å²) in [6, 6.07) is 5.76. The van der Waals surface area contributed by atoms with E-state index in [2.05, 4.69) is 31.1 Å². The molecule has 0 atom stereocenters. The minimum Gasteiger partial charge on any atom is -0.281 e. The number of hydrogen-bond acceptors (Lipinski definition) is 2. The average molecular weight is 238 g/mol. The van der Waals surface area contributed by atoms with E-state index in [0.29, 0.717) is 0 Å². The minimum absolute atomic E-state index is 0.859. The first kappa shape index (κ1) is 8.44. The maximum absolute atomic E-state index is 4.21. The van der Waals surface area contributed by atoms with E-state index < -0.39 is 0 Å². The number of hydrogen-bond donors (Lipinski definition) is 1. The molecular formula is C9H8BrN3. The fourth-order valence-corrected chi connectivity index (χ4v) is 1.47. The predicted molar refractivity (Wildman–Crippen MR) is 54.3 cm³/mol. The molecule has 0 radical (unpaired) electrons. The highest BCUT2D eigenvalue weighted by Gasteiger charge is 2.09. The van der Waals surface area contributed by atoms with Gasteiger partial charge in [0.25, 0.3) is 0 Å². The van der Waals surface area contributed by atoms with E-state index in [-0.39, 0.29) is 0 Å². The van der Waals surface area contributed by atoms with Crippen molar-refractivity contribution in [2.75, 3.05) is 0 Å². The Balaban J connectivity index is 2.53. The van der Waals surface area contributed by atoms with E-state index in [1.54, 1.807) is 6.20 Å². The van der Waals surface area contributed by atoms with Crippen molar-refractivity contribution in [2.24, 2.45) is 0 Å². The van der Waals surface area contributed by atoms with E-state index >= 15 is 0 Å². The molecule has 0 aliphatic carbocycles. The van der Waals surface area contributed by atoms with Crippen molar-refractivity contribution in [1.29, 1.82) is 0 Å². The lowest BCUT2D eigenvalue weighted by Crippen LogP contribution is -1.82. The fraction of sp³-hybridized carbons (Fsp3) is 0.111. The molecule has 2 aromatic rings. The molecule has 4 heteroatoms. The van der Waals surface area contributed by atoms with Crippen molar-refractivity contribution in [3.63, 3.8) is 0 Å². The molecule has 0 spiro atoms. The normalized spacial score (nSPS) is 10.3.